The molecule has 0 spiro atoms. The smallest absolute Gasteiger partial charge is 0.227 e. The third-order valence-corrected chi connectivity index (χ3v) is 3.82. The van der Waals surface area contributed by atoms with Crippen LogP contribution in [0.2, 0.25) is 0 Å². The minimum absolute atomic E-state index is 0.260. The predicted molar refractivity (Wildman–Crippen MR) is 83.9 cm³/mol. The van der Waals surface area contributed by atoms with Crippen molar-refractivity contribution in [1.82, 2.24) is 0 Å². The molecule has 3 nitrogen and oxygen atoms in total. The molecule has 0 aromatic heterocycles. The molecule has 1 aliphatic rings. The molecule has 3 heteroatoms. The third kappa shape index (κ3) is 3.60. The van der Waals surface area contributed by atoms with E-state index in [0.29, 0.717) is 12.3 Å². The summed E-state index contributed by atoms with van der Waals surface area (Å²) in [5, 5.41) is 0. The molecule has 1 amide bonds. The minimum atomic E-state index is 0.260. The molecular formula is C17H26N2O. The summed E-state index contributed by atoms with van der Waals surface area (Å²) in [7, 11) is 0. The topological polar surface area (TPSA) is 46.3 Å². The van der Waals surface area contributed by atoms with Crippen molar-refractivity contribution in [3.63, 3.8) is 0 Å². The lowest BCUT2D eigenvalue weighted by molar-refractivity contribution is -0.119. The second kappa shape index (κ2) is 6.89. The highest BCUT2D eigenvalue weighted by Crippen LogP contribution is 2.29. The second-order valence-corrected chi connectivity index (χ2v) is 6.10. The van der Waals surface area contributed by atoms with E-state index in [0.717, 1.165) is 44.5 Å². The first-order valence-electron chi connectivity index (χ1n) is 7.74. The number of aryl methyl sites for hydroxylation is 2. The van der Waals surface area contributed by atoms with Crippen LogP contribution in [0, 0.1) is 5.92 Å². The van der Waals surface area contributed by atoms with E-state index in [1.54, 1.807) is 0 Å². The van der Waals surface area contributed by atoms with Crippen LogP contribution in [0.3, 0.4) is 0 Å². The molecule has 0 unspecified atom stereocenters. The van der Waals surface area contributed by atoms with Crippen molar-refractivity contribution in [3.8, 4) is 0 Å². The third-order valence-electron chi connectivity index (χ3n) is 3.82. The van der Waals surface area contributed by atoms with Crippen molar-refractivity contribution in [3.05, 3.63) is 29.3 Å². The minimum Gasteiger partial charge on any atom is -0.330 e. The lowest BCUT2D eigenvalue weighted by atomic mass is 9.96. The molecule has 2 N–H and O–H groups in total. The summed E-state index contributed by atoms with van der Waals surface area (Å²) >= 11 is 0. The monoisotopic (exact) mass is 274 g/mol. The number of hydrogen-bond donors (Lipinski definition) is 1. The largest absolute Gasteiger partial charge is 0.330 e. The molecule has 0 atom stereocenters. The fraction of sp³-hybridized carbons (Fsp3) is 0.588. The number of amides is 1. The van der Waals surface area contributed by atoms with Crippen molar-refractivity contribution >= 4 is 11.6 Å². The van der Waals surface area contributed by atoms with E-state index < -0.39 is 0 Å². The van der Waals surface area contributed by atoms with E-state index in [-0.39, 0.29) is 5.91 Å². The number of fused-ring (bicyclic) bond motifs is 1. The van der Waals surface area contributed by atoms with E-state index in [2.05, 4.69) is 32.0 Å². The zero-order valence-electron chi connectivity index (χ0n) is 12.7. The summed E-state index contributed by atoms with van der Waals surface area (Å²) in [5.41, 5.74) is 9.36. The zero-order valence-corrected chi connectivity index (χ0v) is 12.7. The molecule has 0 fully saturated rings. The van der Waals surface area contributed by atoms with Gasteiger partial charge in [0.1, 0.15) is 0 Å². The molecular weight excluding hydrogens is 248 g/mol. The SMILES string of the molecule is CC(C)CC(=O)N1CCCc2cc(CCCN)ccc21. The Kier molecular flexibility index (Phi) is 5.18. The van der Waals surface area contributed by atoms with E-state index in [9.17, 15) is 4.79 Å². The highest BCUT2D eigenvalue weighted by Gasteiger charge is 2.22. The lowest BCUT2D eigenvalue weighted by Crippen LogP contribution is -2.36. The van der Waals surface area contributed by atoms with E-state index in [4.69, 9.17) is 5.73 Å². The number of rotatable bonds is 5. The van der Waals surface area contributed by atoms with Crippen molar-refractivity contribution in [2.24, 2.45) is 11.7 Å². The van der Waals surface area contributed by atoms with Gasteiger partial charge in [-0.25, -0.2) is 0 Å². The average molecular weight is 274 g/mol. The van der Waals surface area contributed by atoms with Crippen molar-refractivity contribution in [1.29, 1.82) is 0 Å². The molecule has 2 rings (SSSR count). The normalized spacial score (nSPS) is 14.5. The molecule has 0 saturated carbocycles. The number of carbonyl (C=O) groups is 1. The van der Waals surface area contributed by atoms with Crippen LogP contribution in [0.4, 0.5) is 5.69 Å². The van der Waals surface area contributed by atoms with Gasteiger partial charge in [0, 0.05) is 18.7 Å². The van der Waals surface area contributed by atoms with E-state index in [1.165, 1.54) is 11.1 Å². The summed E-state index contributed by atoms with van der Waals surface area (Å²) in [4.78, 5) is 14.3. The van der Waals surface area contributed by atoms with Gasteiger partial charge >= 0.3 is 0 Å². The predicted octanol–water partition coefficient (Wildman–Crippen LogP) is 2.90. The molecule has 1 aliphatic heterocycles. The van der Waals surface area contributed by atoms with Crippen LogP contribution in [-0.2, 0) is 17.6 Å². The van der Waals surface area contributed by atoms with Crippen LogP contribution in [-0.4, -0.2) is 19.0 Å². The van der Waals surface area contributed by atoms with Crippen LogP contribution in [0.15, 0.2) is 18.2 Å². The molecule has 0 saturated heterocycles. The Morgan fingerprint density at radius 3 is 2.90 bits per heavy atom. The van der Waals surface area contributed by atoms with Crippen LogP contribution in [0.5, 0.6) is 0 Å². The molecule has 0 aliphatic carbocycles. The summed E-state index contributed by atoms with van der Waals surface area (Å²) in [5.74, 6) is 0.673. The van der Waals surface area contributed by atoms with Crippen molar-refractivity contribution in [2.75, 3.05) is 18.0 Å². The van der Waals surface area contributed by atoms with Gasteiger partial charge in [-0.3, -0.25) is 4.79 Å². The quantitative estimate of drug-likeness (QED) is 0.897. The zero-order chi connectivity index (χ0) is 14.5. The Balaban J connectivity index is 2.17. The van der Waals surface area contributed by atoms with Gasteiger partial charge in [-0.15, -0.1) is 0 Å². The van der Waals surface area contributed by atoms with Gasteiger partial charge in [-0.05, 0) is 55.3 Å². The van der Waals surface area contributed by atoms with Crippen molar-refractivity contribution in [2.45, 2.75) is 46.0 Å². The van der Waals surface area contributed by atoms with Gasteiger partial charge in [0.15, 0.2) is 0 Å². The van der Waals surface area contributed by atoms with Gasteiger partial charge in [0.25, 0.3) is 0 Å². The Morgan fingerprint density at radius 1 is 1.40 bits per heavy atom. The van der Waals surface area contributed by atoms with Gasteiger partial charge in [-0.1, -0.05) is 26.0 Å². The second-order valence-electron chi connectivity index (χ2n) is 6.10. The molecule has 0 radical (unpaired) electrons. The number of carbonyl (C=O) groups excluding carboxylic acids is 1. The van der Waals surface area contributed by atoms with Crippen LogP contribution < -0.4 is 10.6 Å². The lowest BCUT2D eigenvalue weighted by Gasteiger charge is -2.30. The first kappa shape index (κ1) is 15.0. The molecule has 1 aromatic carbocycles. The first-order chi connectivity index (χ1) is 9.61. The van der Waals surface area contributed by atoms with Crippen molar-refractivity contribution < 1.29 is 4.79 Å². The number of anilines is 1. The molecule has 1 aromatic rings. The summed E-state index contributed by atoms with van der Waals surface area (Å²) in [6.45, 7) is 5.79. The maximum absolute atomic E-state index is 12.3. The summed E-state index contributed by atoms with van der Waals surface area (Å²) in [6, 6.07) is 6.54. The number of nitrogens with zero attached hydrogens (tertiary/aromatic N) is 1. The first-order valence-corrected chi connectivity index (χ1v) is 7.74. The van der Waals surface area contributed by atoms with Gasteiger partial charge in [-0.2, -0.15) is 0 Å². The highest BCUT2D eigenvalue weighted by atomic mass is 16.2. The number of nitrogens with two attached hydrogens (primary N) is 1. The number of hydrogen-bond acceptors (Lipinski definition) is 2. The molecule has 20 heavy (non-hydrogen) atoms. The Hall–Kier alpha value is -1.35. The Morgan fingerprint density at radius 2 is 2.20 bits per heavy atom. The van der Waals surface area contributed by atoms with E-state index in [1.807, 2.05) is 4.90 Å². The number of benzene rings is 1. The molecule has 0 bridgehead atoms. The van der Waals surface area contributed by atoms with Crippen LogP contribution in [0.25, 0.3) is 0 Å². The van der Waals surface area contributed by atoms with Crippen LogP contribution >= 0.6 is 0 Å². The van der Waals surface area contributed by atoms with Gasteiger partial charge in [0.2, 0.25) is 5.91 Å². The Labute approximate surface area is 122 Å². The Bertz CT molecular complexity index is 468. The maximum atomic E-state index is 12.3. The fourth-order valence-electron chi connectivity index (χ4n) is 2.83. The van der Waals surface area contributed by atoms with Crippen LogP contribution in [0.1, 0.15) is 44.2 Å². The fourth-order valence-corrected chi connectivity index (χ4v) is 2.83. The summed E-state index contributed by atoms with van der Waals surface area (Å²) in [6.07, 6.45) is 4.83. The van der Waals surface area contributed by atoms with Gasteiger partial charge in [0.05, 0.1) is 0 Å². The molecule has 1 heterocycles. The van der Waals surface area contributed by atoms with Gasteiger partial charge < -0.3 is 10.6 Å². The summed E-state index contributed by atoms with van der Waals surface area (Å²) < 4.78 is 0. The molecule has 110 valence electrons. The standard InChI is InChI=1S/C17H26N2O/c1-13(2)11-17(20)19-10-4-6-15-12-14(5-3-9-18)7-8-16(15)19/h7-8,12-13H,3-6,9-11,18H2,1-2H3. The highest BCUT2D eigenvalue weighted by molar-refractivity contribution is 5.94. The average Bonchev–Trinajstić information content (AvgIpc) is 2.43. The maximum Gasteiger partial charge on any atom is 0.227 e. The van der Waals surface area contributed by atoms with E-state index >= 15 is 0 Å².